The summed E-state index contributed by atoms with van der Waals surface area (Å²) in [5, 5.41) is 11.8. The lowest BCUT2D eigenvalue weighted by Crippen LogP contribution is -2.42. The minimum absolute atomic E-state index is 0.0103. The molecule has 6 fully saturated rings. The Labute approximate surface area is 842 Å². The number of fused-ring (bicyclic) bond motifs is 3. The Morgan fingerprint density at radius 2 is 0.735 bits per heavy atom. The molecule has 72 heteroatoms. The van der Waals surface area contributed by atoms with Crippen LogP contribution in [-0.2, 0) is 171 Å². The number of anilines is 5. The summed E-state index contributed by atoms with van der Waals surface area (Å²) in [5.74, 6) is -1.68. The highest BCUT2D eigenvalue weighted by Gasteiger charge is 2.57. The van der Waals surface area contributed by atoms with Crippen LogP contribution in [0.2, 0.25) is 0 Å². The van der Waals surface area contributed by atoms with Crippen LogP contribution in [-0.4, -0.2) is 331 Å². The van der Waals surface area contributed by atoms with Gasteiger partial charge in [0, 0.05) is 77.3 Å². The van der Waals surface area contributed by atoms with E-state index in [4.69, 9.17) is 186 Å². The van der Waals surface area contributed by atoms with Gasteiger partial charge in [-0.3, -0.25) is 80.2 Å². The van der Waals surface area contributed by atoms with E-state index in [9.17, 15) is 43.6 Å². The van der Waals surface area contributed by atoms with E-state index in [1.165, 1.54) is 68.7 Å². The summed E-state index contributed by atoms with van der Waals surface area (Å²) < 4.78 is 207. The molecule has 147 heavy (non-hydrogen) atoms. The van der Waals surface area contributed by atoms with Crippen molar-refractivity contribution in [2.24, 2.45) is 0 Å². The zero-order valence-corrected chi connectivity index (χ0v) is 85.9. The average Bonchev–Trinajstić information content (AvgIpc) is 1.68. The van der Waals surface area contributed by atoms with E-state index in [0.717, 1.165) is 52.6 Å². The fourth-order valence-corrected chi connectivity index (χ4v) is 22.9. The zero-order chi connectivity index (χ0) is 106. The predicted octanol–water partition coefficient (Wildman–Crippen LogP) is -5.63. The zero-order valence-electron chi connectivity index (χ0n) is 78.9. The Balaban J connectivity index is 0.731. The Morgan fingerprint density at radius 1 is 0.408 bits per heavy atom. The molecule has 15 N–H and O–H groups in total. The topological polar surface area (TPSA) is 849 Å². The van der Waals surface area contributed by atoms with Gasteiger partial charge in [-0.05, 0) is 27.7 Å². The maximum atomic E-state index is 15.7. The molecular weight excluding hydrogens is 2130 g/mol. The highest BCUT2D eigenvalue weighted by Crippen LogP contribution is 2.57. The summed E-state index contributed by atoms with van der Waals surface area (Å²) in [6.07, 6.45) is -32.6. The number of aromatic amines is 4. The van der Waals surface area contributed by atoms with Gasteiger partial charge in [-0.25, -0.2) is 29.3 Å². The molecule has 64 nitrogen and oxygen atoms in total. The number of imidazole rings is 3. The molecule has 15 rings (SSSR count). The van der Waals surface area contributed by atoms with Gasteiger partial charge in [0.05, 0.1) is 130 Å². The minimum Gasteiger partial charge on any atom is -0.780 e. The molecule has 812 valence electrons. The second-order valence-corrected chi connectivity index (χ2v) is 44.3. The van der Waals surface area contributed by atoms with E-state index in [0.29, 0.717) is 5.56 Å². The number of aliphatic hydroxyl groups is 1. The molecule has 0 bridgehead atoms. The van der Waals surface area contributed by atoms with E-state index in [1.807, 2.05) is 0 Å². The van der Waals surface area contributed by atoms with Crippen molar-refractivity contribution in [2.45, 2.75) is 175 Å². The van der Waals surface area contributed by atoms with Crippen LogP contribution in [0.1, 0.15) is 67.4 Å². The molecule has 9 aromatic rings. The fraction of sp³-hybridized carbons (Fsp3) is 0.640. The summed E-state index contributed by atoms with van der Waals surface area (Å²) in [6, 6.07) is 0. The smallest absolute Gasteiger partial charge is 0.351 e. The number of nitrogens with one attached hydrogen (secondary N) is 4. The largest absolute Gasteiger partial charge is 0.780 e. The molecular formula is C75H103N23O41P5S3-5. The number of ether oxygens (including phenoxy) is 16. The predicted molar refractivity (Wildman–Crippen MR) is 500 cm³/mol. The summed E-state index contributed by atoms with van der Waals surface area (Å²) in [4.78, 5) is 195. The second-order valence-electron chi connectivity index (χ2n) is 33.4. The number of phosphoric ester groups is 2. The number of methoxy groups -OCH3 is 5. The van der Waals surface area contributed by atoms with E-state index in [1.54, 1.807) is 6.92 Å². The first kappa shape index (κ1) is 113. The molecule has 15 heterocycles. The number of hydrogen-bond donors (Lipinski definition) is 10. The Kier molecular flexibility index (Phi) is 36.7. The van der Waals surface area contributed by atoms with Crippen molar-refractivity contribution in [2.75, 3.05) is 163 Å². The molecule has 28 atom stereocenters. The highest BCUT2D eigenvalue weighted by molar-refractivity contribution is 8.32. The quantitative estimate of drug-likeness (QED) is 0.00965. The third kappa shape index (κ3) is 26.2. The first-order valence-corrected chi connectivity index (χ1v) is 54.9. The van der Waals surface area contributed by atoms with Crippen LogP contribution in [0.3, 0.4) is 0 Å². The minimum atomic E-state index is -6.27. The first-order chi connectivity index (χ1) is 69.8. The van der Waals surface area contributed by atoms with Crippen molar-refractivity contribution in [1.82, 2.24) is 87.2 Å². The molecule has 0 spiro atoms. The van der Waals surface area contributed by atoms with Gasteiger partial charge in [-0.2, -0.15) is 24.9 Å². The Bertz CT molecular complexity index is 6890. The molecule has 0 aromatic carbocycles. The molecule has 0 radical (unpaired) electrons. The van der Waals surface area contributed by atoms with E-state index in [-0.39, 0.29) is 116 Å². The number of phosphoric acid groups is 2. The number of aromatic nitrogens is 18. The van der Waals surface area contributed by atoms with Crippen molar-refractivity contribution in [3.63, 3.8) is 0 Å². The number of hydrogen-bond acceptors (Lipinski definition) is 57. The Hall–Kier alpha value is -8.41. The molecule has 0 amide bonds. The second kappa shape index (κ2) is 47.9. The molecule has 6 aliphatic rings. The number of aliphatic hydroxyl groups excluding tert-OH is 1. The molecule has 0 aliphatic carbocycles. The lowest BCUT2D eigenvalue weighted by atomic mass is 10.1. The van der Waals surface area contributed by atoms with Crippen LogP contribution in [0.4, 0.5) is 29.5 Å². The fourth-order valence-electron chi connectivity index (χ4n) is 16.6. The third-order valence-electron chi connectivity index (χ3n) is 23.6. The number of nitrogens with two attached hydrogens (primary N) is 5. The standard InChI is InChI=1S/C75H108N23O41P5S3/c1-32-21-94(73(104)84-56(32)76)65-51(119-15-10-114-5)46(99)37(130-65)24-126-143(112,146)139-50-41(134-69(55(50)123-19-14-118-9)98-31-83-45-60(98)88-72(80)91-64(45)103)28-128-144(113,147)138-49-39(132-68(54(49)122-18-13-117-8)97-30-82-44-59(97)87-71(79)90-63(44)102)26-125-141(109,110)136-47-38(131-66(52(47)120-16-11-115-6)95-22-33(2)57(77)85-74(95)105)25-124-140(107,108)137-48-40(133-67(53(48)121-17-12-116-7)96-29-81-43-58(96)86-70(78)89-62(43)101)27-127-142(111,145)135-36-20-42(129-35(36)4)93-23-34(3)61(100)92-75(93)106/h21-23,29-31,35-42,46-55,65-69,99H,10-20,24-28H2,1-9H3,(H,107,108)(H,109,110)(H,111,145)(H,112,146)(H,113,147)(H2,76,84,104)(H2,77,85,105)(H,92,100,106)(H3,78,86,89,101)(H3,79,87,90,102)(H3,80,88,91,103)/p-5/t35-,36?,37-,38-,39-,40-,41-,42-,46?,47?,48?,49?,50?,51+,52+,53+,54+,55+,65-,66-,67-,68-,69-,142?,143?,144?/m1/s1. The molecule has 6 aliphatic heterocycles. The van der Waals surface area contributed by atoms with Crippen molar-refractivity contribution in [1.29, 1.82) is 0 Å². The SMILES string of the molecule is COCCO[C@H]1C(O)[C@@H](COP([O-])(=S)OC2[C@@H](COP(=O)([S-])OC3[C@@H](COP(=O)([O-])OC4[C@@H](COP(=O)([O-])OC5[C@@H](COP([O-])(=S)OC6C[C@H](n7cc(C)c(=O)[nH]c7=O)O[C@@H]6C)O[C@@H](n6cnc7c(=O)[nH]c(N)nc76)[C@H]5OCCOC)O[C@@H](n5cc(C)c(N)nc5=O)[C@H]4OCCOC)O[C@@H](n4cnc5c(=O)[nH]c(N)nc54)[C@H]3OCCOC)O[C@@H](n3cnc4c(=O)[nH]c(N)nc43)[C@H]2OCCOC)O[C@H]1n1cc(C)c(N)nc1=O. The van der Waals surface area contributed by atoms with Crippen LogP contribution in [0.5, 0.6) is 0 Å². The summed E-state index contributed by atoms with van der Waals surface area (Å²) >= 11 is 16.7. The number of rotatable bonds is 51. The first-order valence-electron chi connectivity index (χ1n) is 44.3. The molecule has 11 unspecified atom stereocenters. The van der Waals surface area contributed by atoms with Crippen LogP contribution in [0.15, 0.2) is 71.1 Å². The van der Waals surface area contributed by atoms with Gasteiger partial charge in [-0.15, -0.1) is 0 Å². The van der Waals surface area contributed by atoms with Gasteiger partial charge in [0.25, 0.3) is 37.9 Å². The summed E-state index contributed by atoms with van der Waals surface area (Å²) in [5.41, 5.74) is 22.9. The lowest BCUT2D eigenvalue weighted by Gasteiger charge is -2.36. The molecule has 9 aromatic heterocycles. The summed E-state index contributed by atoms with van der Waals surface area (Å²) in [6.45, 7) is -17.7. The van der Waals surface area contributed by atoms with Crippen molar-refractivity contribution >= 4 is 135 Å². The van der Waals surface area contributed by atoms with Gasteiger partial charge < -0.3 is 187 Å². The van der Waals surface area contributed by atoms with Gasteiger partial charge >= 0.3 is 17.1 Å². The maximum Gasteiger partial charge on any atom is 0.351 e. The average molecular weight is 2230 g/mol. The molecule has 0 saturated carbocycles. The van der Waals surface area contributed by atoms with Gasteiger partial charge in [0.15, 0.2) is 71.4 Å². The highest BCUT2D eigenvalue weighted by atomic mass is 32.7. The van der Waals surface area contributed by atoms with Gasteiger partial charge in [-0.1, -0.05) is 23.6 Å². The van der Waals surface area contributed by atoms with Crippen molar-refractivity contribution in [3.05, 3.63) is 127 Å². The number of aryl methyl sites for hydroxylation is 3. The maximum absolute atomic E-state index is 15.7. The number of nitrogens with zero attached hydrogens (tertiary/aromatic N) is 14. The lowest BCUT2D eigenvalue weighted by molar-refractivity contribution is -0.241. The van der Waals surface area contributed by atoms with Crippen LogP contribution in [0.25, 0.3) is 33.5 Å². The summed E-state index contributed by atoms with van der Waals surface area (Å²) in [7, 11) is -5.85. The van der Waals surface area contributed by atoms with Crippen LogP contribution >= 0.6 is 35.9 Å². The monoisotopic (exact) mass is 2230 g/mol. The van der Waals surface area contributed by atoms with Crippen LogP contribution < -0.4 is 87.5 Å². The third-order valence-corrected chi connectivity index (χ3v) is 30.1. The van der Waals surface area contributed by atoms with Gasteiger partial charge in [0.1, 0.15) is 123 Å². The van der Waals surface area contributed by atoms with E-state index >= 15 is 28.4 Å². The van der Waals surface area contributed by atoms with Crippen molar-refractivity contribution in [3.8, 4) is 0 Å². The number of H-pyrrole nitrogens is 4. The van der Waals surface area contributed by atoms with E-state index in [2.05, 4.69) is 59.8 Å². The van der Waals surface area contributed by atoms with E-state index < -0.39 is 280 Å². The van der Waals surface area contributed by atoms with Gasteiger partial charge in [0.2, 0.25) is 17.8 Å². The normalized spacial score (nSPS) is 29.0. The number of nitrogen functional groups attached to an aromatic ring is 5. The van der Waals surface area contributed by atoms with Crippen molar-refractivity contribution < 1.29 is 159 Å². The molecule has 6 saturated heterocycles. The van der Waals surface area contributed by atoms with Crippen LogP contribution in [0, 0.1) is 20.8 Å². The Morgan fingerprint density at radius 3 is 1.13 bits per heavy atom.